The number of carbonyl (C=O) groups excluding carboxylic acids is 1. The molecule has 0 unspecified atom stereocenters. The second kappa shape index (κ2) is 8.73. The molecular formula is C17H27NO. The number of hydrogen-bond acceptors (Lipinski definition) is 1. The highest BCUT2D eigenvalue weighted by Crippen LogP contribution is 2.22. The fourth-order valence-corrected chi connectivity index (χ4v) is 2.32. The maximum atomic E-state index is 11.7. The minimum absolute atomic E-state index is 0.128. The van der Waals surface area contributed by atoms with Crippen molar-refractivity contribution in [2.75, 3.05) is 5.32 Å². The normalized spacial score (nSPS) is 10.5. The van der Waals surface area contributed by atoms with Gasteiger partial charge in [0.05, 0.1) is 0 Å². The van der Waals surface area contributed by atoms with E-state index in [1.807, 2.05) is 19.1 Å². The summed E-state index contributed by atoms with van der Waals surface area (Å²) in [6.45, 7) is 6.39. The van der Waals surface area contributed by atoms with E-state index >= 15 is 0 Å². The van der Waals surface area contributed by atoms with Crippen LogP contribution in [0.25, 0.3) is 0 Å². The molecule has 0 atom stereocenters. The minimum Gasteiger partial charge on any atom is -0.326 e. The molecule has 0 spiro atoms. The second-order valence-corrected chi connectivity index (χ2v) is 5.21. The molecule has 0 bridgehead atoms. The van der Waals surface area contributed by atoms with Gasteiger partial charge in [-0.2, -0.15) is 0 Å². The fourth-order valence-electron chi connectivity index (χ4n) is 2.32. The molecule has 0 saturated carbocycles. The summed E-state index contributed by atoms with van der Waals surface area (Å²) in [4.78, 5) is 11.7. The van der Waals surface area contributed by atoms with Gasteiger partial charge in [-0.15, -0.1) is 0 Å². The summed E-state index contributed by atoms with van der Waals surface area (Å²) in [5.41, 5.74) is 3.60. The van der Waals surface area contributed by atoms with Gasteiger partial charge in [0.15, 0.2) is 0 Å². The summed E-state index contributed by atoms with van der Waals surface area (Å²) in [5.74, 6) is 0.128. The average molecular weight is 261 g/mol. The highest BCUT2D eigenvalue weighted by Gasteiger charge is 2.08. The van der Waals surface area contributed by atoms with E-state index < -0.39 is 0 Å². The molecule has 1 rings (SSSR count). The maximum Gasteiger partial charge on any atom is 0.224 e. The molecule has 1 aromatic rings. The molecule has 106 valence electrons. The zero-order valence-electron chi connectivity index (χ0n) is 12.6. The Bertz CT molecular complexity index is 398. The zero-order chi connectivity index (χ0) is 14.1. The van der Waals surface area contributed by atoms with Crippen LogP contribution in [0.15, 0.2) is 18.2 Å². The highest BCUT2D eigenvalue weighted by atomic mass is 16.1. The second-order valence-electron chi connectivity index (χ2n) is 5.21. The molecule has 0 aromatic heterocycles. The summed E-state index contributed by atoms with van der Waals surface area (Å²) in [6.07, 6.45) is 7.58. The summed E-state index contributed by atoms with van der Waals surface area (Å²) < 4.78 is 0. The van der Waals surface area contributed by atoms with Crippen LogP contribution in [0.3, 0.4) is 0 Å². The van der Waals surface area contributed by atoms with Gasteiger partial charge in [0.2, 0.25) is 5.91 Å². The Morgan fingerprint density at radius 2 is 1.89 bits per heavy atom. The lowest BCUT2D eigenvalue weighted by molar-refractivity contribution is -0.116. The SMILES string of the molecule is CCCCCCc1c(C)cccc1NC(=O)CCC. The summed E-state index contributed by atoms with van der Waals surface area (Å²) in [5, 5.41) is 3.05. The molecule has 2 nitrogen and oxygen atoms in total. The van der Waals surface area contributed by atoms with E-state index in [0.717, 1.165) is 18.5 Å². The molecule has 0 saturated heterocycles. The van der Waals surface area contributed by atoms with Crippen LogP contribution in [-0.4, -0.2) is 5.91 Å². The molecule has 2 heteroatoms. The van der Waals surface area contributed by atoms with Crippen LogP contribution in [0.2, 0.25) is 0 Å². The topological polar surface area (TPSA) is 29.1 Å². The minimum atomic E-state index is 0.128. The molecular weight excluding hydrogens is 234 g/mol. The standard InChI is InChI=1S/C17H27NO/c1-4-6-7-8-12-15-14(3)11-9-13-16(15)18-17(19)10-5-2/h9,11,13H,4-8,10,12H2,1-3H3,(H,18,19). The van der Waals surface area contributed by atoms with Gasteiger partial charge in [-0.25, -0.2) is 0 Å². The van der Waals surface area contributed by atoms with Crippen LogP contribution in [0.4, 0.5) is 5.69 Å². The summed E-state index contributed by atoms with van der Waals surface area (Å²) in [7, 11) is 0. The van der Waals surface area contributed by atoms with Crippen LogP contribution in [0, 0.1) is 6.92 Å². The van der Waals surface area contributed by atoms with E-state index in [0.29, 0.717) is 6.42 Å². The van der Waals surface area contributed by atoms with Gasteiger partial charge in [-0.1, -0.05) is 45.2 Å². The average Bonchev–Trinajstić information content (AvgIpc) is 2.37. The number of benzene rings is 1. The Balaban J connectivity index is 2.68. The van der Waals surface area contributed by atoms with Gasteiger partial charge in [-0.3, -0.25) is 4.79 Å². The first-order chi connectivity index (χ1) is 9.19. The van der Waals surface area contributed by atoms with Gasteiger partial charge in [0.1, 0.15) is 0 Å². The number of nitrogens with one attached hydrogen (secondary N) is 1. The number of amides is 1. The van der Waals surface area contributed by atoms with E-state index in [1.54, 1.807) is 0 Å². The quantitative estimate of drug-likeness (QED) is 0.665. The Morgan fingerprint density at radius 3 is 2.58 bits per heavy atom. The Hall–Kier alpha value is -1.31. The first kappa shape index (κ1) is 15.7. The molecule has 0 radical (unpaired) electrons. The Morgan fingerprint density at radius 1 is 1.11 bits per heavy atom. The van der Waals surface area contributed by atoms with Crippen molar-refractivity contribution >= 4 is 11.6 Å². The van der Waals surface area contributed by atoms with Crippen LogP contribution in [-0.2, 0) is 11.2 Å². The first-order valence-electron chi connectivity index (χ1n) is 7.57. The molecule has 0 aliphatic rings. The van der Waals surface area contributed by atoms with Crippen molar-refractivity contribution in [3.05, 3.63) is 29.3 Å². The predicted molar refractivity (Wildman–Crippen MR) is 82.6 cm³/mol. The van der Waals surface area contributed by atoms with Crippen LogP contribution in [0.5, 0.6) is 0 Å². The third kappa shape index (κ3) is 5.46. The van der Waals surface area contributed by atoms with Crippen molar-refractivity contribution in [3.63, 3.8) is 0 Å². The van der Waals surface area contributed by atoms with Crippen molar-refractivity contribution in [2.24, 2.45) is 0 Å². The number of hydrogen-bond donors (Lipinski definition) is 1. The lowest BCUT2D eigenvalue weighted by Gasteiger charge is -2.13. The van der Waals surface area contributed by atoms with Crippen LogP contribution in [0.1, 0.15) is 63.5 Å². The van der Waals surface area contributed by atoms with Crippen molar-refractivity contribution in [1.82, 2.24) is 0 Å². The maximum absolute atomic E-state index is 11.7. The van der Waals surface area contributed by atoms with Crippen LogP contribution < -0.4 is 5.32 Å². The summed E-state index contributed by atoms with van der Waals surface area (Å²) >= 11 is 0. The number of unbranched alkanes of at least 4 members (excludes halogenated alkanes) is 3. The smallest absolute Gasteiger partial charge is 0.224 e. The van der Waals surface area contributed by atoms with Gasteiger partial charge in [-0.05, 0) is 43.4 Å². The number of aryl methyl sites for hydroxylation is 1. The number of anilines is 1. The van der Waals surface area contributed by atoms with E-state index in [-0.39, 0.29) is 5.91 Å². The third-order valence-corrected chi connectivity index (χ3v) is 3.44. The van der Waals surface area contributed by atoms with Crippen molar-refractivity contribution in [2.45, 2.75) is 65.7 Å². The van der Waals surface area contributed by atoms with Gasteiger partial charge in [0, 0.05) is 12.1 Å². The molecule has 19 heavy (non-hydrogen) atoms. The van der Waals surface area contributed by atoms with E-state index in [2.05, 4.69) is 25.2 Å². The predicted octanol–water partition coefficient (Wildman–Crippen LogP) is 4.86. The van der Waals surface area contributed by atoms with Gasteiger partial charge >= 0.3 is 0 Å². The van der Waals surface area contributed by atoms with Crippen molar-refractivity contribution in [3.8, 4) is 0 Å². The van der Waals surface area contributed by atoms with Crippen molar-refractivity contribution in [1.29, 1.82) is 0 Å². The summed E-state index contributed by atoms with van der Waals surface area (Å²) in [6, 6.07) is 6.17. The zero-order valence-corrected chi connectivity index (χ0v) is 12.6. The first-order valence-corrected chi connectivity index (χ1v) is 7.57. The monoisotopic (exact) mass is 261 g/mol. The van der Waals surface area contributed by atoms with Gasteiger partial charge in [0.25, 0.3) is 0 Å². The number of rotatable bonds is 8. The molecule has 1 aromatic carbocycles. The Labute approximate surface area is 117 Å². The third-order valence-electron chi connectivity index (χ3n) is 3.44. The number of carbonyl (C=O) groups is 1. The van der Waals surface area contributed by atoms with Gasteiger partial charge < -0.3 is 5.32 Å². The fraction of sp³-hybridized carbons (Fsp3) is 0.588. The molecule has 1 amide bonds. The molecule has 0 heterocycles. The largest absolute Gasteiger partial charge is 0.326 e. The lowest BCUT2D eigenvalue weighted by atomic mass is 9.99. The van der Waals surface area contributed by atoms with Crippen LogP contribution >= 0.6 is 0 Å². The molecule has 1 N–H and O–H groups in total. The van der Waals surface area contributed by atoms with Crippen molar-refractivity contribution < 1.29 is 4.79 Å². The van der Waals surface area contributed by atoms with E-state index in [9.17, 15) is 4.79 Å². The Kier molecular flexibility index (Phi) is 7.24. The molecule has 0 fully saturated rings. The molecule has 0 aliphatic heterocycles. The molecule has 0 aliphatic carbocycles. The van der Waals surface area contributed by atoms with E-state index in [1.165, 1.54) is 36.8 Å². The lowest BCUT2D eigenvalue weighted by Crippen LogP contribution is -2.12. The highest BCUT2D eigenvalue weighted by molar-refractivity contribution is 5.91. The van der Waals surface area contributed by atoms with E-state index in [4.69, 9.17) is 0 Å².